The van der Waals surface area contributed by atoms with Crippen molar-refractivity contribution >= 4 is 34.0 Å². The molecular weight excluding hydrogens is 461 g/mol. The molecule has 0 radical (unpaired) electrons. The van der Waals surface area contributed by atoms with E-state index in [1.54, 1.807) is 24.4 Å². The van der Waals surface area contributed by atoms with Gasteiger partial charge < -0.3 is 30.1 Å². The largest absolute Gasteiger partial charge is 0.458 e. The van der Waals surface area contributed by atoms with Crippen molar-refractivity contribution in [2.24, 2.45) is 0 Å². The molecule has 9 nitrogen and oxygen atoms in total. The monoisotopic (exact) mass is 491 g/mol. The summed E-state index contributed by atoms with van der Waals surface area (Å²) in [6, 6.07) is 13.4. The Bertz CT molecular complexity index is 1350. The summed E-state index contributed by atoms with van der Waals surface area (Å²) < 4.78 is 24.9. The predicted octanol–water partition coefficient (Wildman–Crippen LogP) is 4.84. The van der Waals surface area contributed by atoms with Gasteiger partial charge >= 0.3 is 0 Å². The number of nitrogens with one attached hydrogen (secondary N) is 1. The maximum atomic E-state index is 14.0. The van der Waals surface area contributed by atoms with E-state index in [0.717, 1.165) is 37.0 Å². The van der Waals surface area contributed by atoms with Gasteiger partial charge in [-0.2, -0.15) is 0 Å². The average Bonchev–Trinajstić information content (AvgIpc) is 3.30. The molecule has 2 aromatic heterocycles. The standard InChI is InChI=1S/C26H30FN7O2/c1-16(27)35-24-15-22(34-12-9-17(10-13-34)33(2)3)19(28)14-21(24)31-26-29-11-8-20(30-26)25-18-6-4-5-7-23(18)36-32-25/h4-8,11,14-17H,9-10,12-13,28H2,1-3H3,(H,29,30,31). The van der Waals surface area contributed by atoms with Crippen LogP contribution in [-0.4, -0.2) is 59.6 Å². The highest BCUT2D eigenvalue weighted by molar-refractivity contribution is 5.90. The SMILES string of the molecule is CC(F)Oc1cc(N2CCC(N(C)C)CC2)c(N)cc1Nc1nccc(-c2noc3ccccc23)n1. The van der Waals surface area contributed by atoms with Crippen LogP contribution in [-0.2, 0) is 0 Å². The summed E-state index contributed by atoms with van der Waals surface area (Å²) in [6.45, 7) is 3.07. The third-order valence-corrected chi connectivity index (χ3v) is 6.48. The fraction of sp³-hybridized carbons (Fsp3) is 0.346. The first-order chi connectivity index (χ1) is 17.4. The lowest BCUT2D eigenvalue weighted by molar-refractivity contribution is 0.0869. The summed E-state index contributed by atoms with van der Waals surface area (Å²) in [4.78, 5) is 13.4. The van der Waals surface area contributed by atoms with Gasteiger partial charge in [-0.25, -0.2) is 14.4 Å². The minimum Gasteiger partial charge on any atom is -0.458 e. The van der Waals surface area contributed by atoms with Crippen molar-refractivity contribution in [1.29, 1.82) is 0 Å². The number of rotatable bonds is 7. The van der Waals surface area contributed by atoms with Crippen LogP contribution >= 0.6 is 0 Å². The van der Waals surface area contributed by atoms with Crippen LogP contribution in [0.2, 0.25) is 0 Å². The summed E-state index contributed by atoms with van der Waals surface area (Å²) in [5, 5.41) is 8.16. The Morgan fingerprint density at radius 2 is 1.97 bits per heavy atom. The quantitative estimate of drug-likeness (QED) is 0.351. The van der Waals surface area contributed by atoms with E-state index in [0.29, 0.717) is 46.1 Å². The van der Waals surface area contributed by atoms with Gasteiger partial charge in [-0.15, -0.1) is 0 Å². The molecule has 1 fully saturated rings. The van der Waals surface area contributed by atoms with Crippen LogP contribution in [0, 0.1) is 0 Å². The molecule has 1 saturated heterocycles. The van der Waals surface area contributed by atoms with Crippen molar-refractivity contribution in [1.82, 2.24) is 20.0 Å². The number of para-hydroxylation sites is 1. The Kier molecular flexibility index (Phi) is 6.60. The van der Waals surface area contributed by atoms with Gasteiger partial charge in [-0.05, 0) is 51.2 Å². The molecule has 0 spiro atoms. The van der Waals surface area contributed by atoms with Crippen molar-refractivity contribution in [3.63, 3.8) is 0 Å². The molecule has 2 aromatic carbocycles. The summed E-state index contributed by atoms with van der Waals surface area (Å²) in [5.74, 6) is 0.639. The molecule has 36 heavy (non-hydrogen) atoms. The molecule has 0 aliphatic carbocycles. The Labute approximate surface area is 209 Å². The molecule has 0 bridgehead atoms. The highest BCUT2D eigenvalue weighted by atomic mass is 19.1. The Balaban J connectivity index is 1.43. The molecule has 3 N–H and O–H groups in total. The van der Waals surface area contributed by atoms with Crippen LogP contribution in [0.25, 0.3) is 22.4 Å². The molecule has 3 heterocycles. The molecule has 1 unspecified atom stereocenters. The van der Waals surface area contributed by atoms with Gasteiger partial charge in [-0.1, -0.05) is 17.3 Å². The van der Waals surface area contributed by atoms with Crippen LogP contribution in [0.3, 0.4) is 0 Å². The predicted molar refractivity (Wildman–Crippen MR) is 139 cm³/mol. The molecular formula is C26H30FN7O2. The van der Waals surface area contributed by atoms with Gasteiger partial charge in [0.15, 0.2) is 5.58 Å². The number of piperidine rings is 1. The van der Waals surface area contributed by atoms with Crippen molar-refractivity contribution < 1.29 is 13.7 Å². The van der Waals surface area contributed by atoms with E-state index in [9.17, 15) is 4.39 Å². The van der Waals surface area contributed by atoms with Crippen molar-refractivity contribution in [3.8, 4) is 17.1 Å². The topological polar surface area (TPSA) is 106 Å². The van der Waals surface area contributed by atoms with E-state index in [4.69, 9.17) is 15.0 Å². The van der Waals surface area contributed by atoms with Gasteiger partial charge in [0, 0.05) is 38.3 Å². The highest BCUT2D eigenvalue weighted by Gasteiger charge is 2.24. The second-order valence-electron chi connectivity index (χ2n) is 9.17. The zero-order valence-electron chi connectivity index (χ0n) is 20.6. The Morgan fingerprint density at radius 3 is 2.72 bits per heavy atom. The third kappa shape index (κ3) is 4.90. The Morgan fingerprint density at radius 1 is 1.19 bits per heavy atom. The number of alkyl halides is 1. The van der Waals surface area contributed by atoms with E-state index in [1.807, 2.05) is 24.3 Å². The van der Waals surface area contributed by atoms with Gasteiger partial charge in [0.1, 0.15) is 11.4 Å². The van der Waals surface area contributed by atoms with Gasteiger partial charge in [0.25, 0.3) is 0 Å². The van der Waals surface area contributed by atoms with E-state index >= 15 is 0 Å². The van der Waals surface area contributed by atoms with Crippen LogP contribution in [0.5, 0.6) is 5.75 Å². The third-order valence-electron chi connectivity index (χ3n) is 6.48. The molecule has 5 rings (SSSR count). The Hall–Kier alpha value is -3.92. The highest BCUT2D eigenvalue weighted by Crippen LogP contribution is 2.38. The van der Waals surface area contributed by atoms with Gasteiger partial charge in [-0.3, -0.25) is 0 Å². The number of hydrogen-bond donors (Lipinski definition) is 2. The van der Waals surface area contributed by atoms with Crippen molar-refractivity contribution in [3.05, 3.63) is 48.7 Å². The number of hydrogen-bond acceptors (Lipinski definition) is 9. The van der Waals surface area contributed by atoms with E-state index < -0.39 is 6.36 Å². The number of fused-ring (bicyclic) bond motifs is 1. The minimum atomic E-state index is -1.50. The number of nitrogens with two attached hydrogens (primary N) is 1. The molecule has 4 aromatic rings. The van der Waals surface area contributed by atoms with E-state index in [1.165, 1.54) is 6.92 Å². The second-order valence-corrected chi connectivity index (χ2v) is 9.17. The summed E-state index contributed by atoms with van der Waals surface area (Å²) in [7, 11) is 4.21. The number of nitrogen functional groups attached to an aromatic ring is 1. The number of aromatic nitrogens is 3. The average molecular weight is 492 g/mol. The van der Waals surface area contributed by atoms with Gasteiger partial charge in [0.2, 0.25) is 12.3 Å². The molecule has 1 aliphatic heterocycles. The lowest BCUT2D eigenvalue weighted by Gasteiger charge is -2.37. The molecule has 0 saturated carbocycles. The number of ether oxygens (including phenoxy) is 1. The zero-order chi connectivity index (χ0) is 25.2. The van der Waals surface area contributed by atoms with E-state index in [2.05, 4.69) is 44.3 Å². The number of halogens is 1. The summed E-state index contributed by atoms with van der Waals surface area (Å²) in [5.41, 5.74) is 10.2. The maximum absolute atomic E-state index is 14.0. The molecule has 10 heteroatoms. The summed E-state index contributed by atoms with van der Waals surface area (Å²) >= 11 is 0. The number of anilines is 4. The first-order valence-corrected chi connectivity index (χ1v) is 12.0. The van der Waals surface area contributed by atoms with Crippen LogP contribution in [0.15, 0.2) is 53.2 Å². The van der Waals surface area contributed by atoms with Crippen molar-refractivity contribution in [2.75, 3.05) is 43.1 Å². The first-order valence-electron chi connectivity index (χ1n) is 12.0. The lowest BCUT2D eigenvalue weighted by atomic mass is 10.0. The fourth-order valence-corrected chi connectivity index (χ4v) is 4.59. The number of nitrogens with zero attached hydrogens (tertiary/aromatic N) is 5. The smallest absolute Gasteiger partial charge is 0.235 e. The first kappa shape index (κ1) is 23.8. The molecule has 1 atom stereocenters. The second kappa shape index (κ2) is 9.98. The molecule has 1 aliphatic rings. The van der Waals surface area contributed by atoms with Crippen LogP contribution in [0.4, 0.5) is 27.4 Å². The molecule has 188 valence electrons. The lowest BCUT2D eigenvalue weighted by Crippen LogP contribution is -2.42. The minimum absolute atomic E-state index is 0.301. The summed E-state index contributed by atoms with van der Waals surface area (Å²) in [6.07, 6.45) is 2.17. The maximum Gasteiger partial charge on any atom is 0.235 e. The van der Waals surface area contributed by atoms with E-state index in [-0.39, 0.29) is 0 Å². The van der Waals surface area contributed by atoms with Crippen LogP contribution < -0.4 is 20.7 Å². The zero-order valence-corrected chi connectivity index (χ0v) is 20.6. The van der Waals surface area contributed by atoms with Crippen LogP contribution in [0.1, 0.15) is 19.8 Å². The fourth-order valence-electron chi connectivity index (χ4n) is 4.59. The number of benzene rings is 2. The normalized spacial score (nSPS) is 15.4. The van der Waals surface area contributed by atoms with Gasteiger partial charge in [0.05, 0.1) is 28.1 Å². The molecule has 0 amide bonds. The van der Waals surface area contributed by atoms with Crippen molar-refractivity contribution in [2.45, 2.75) is 32.2 Å².